The van der Waals surface area contributed by atoms with Crippen molar-refractivity contribution in [2.24, 2.45) is 0 Å². The predicted molar refractivity (Wildman–Crippen MR) is 69.8 cm³/mol. The molecule has 2 N–H and O–H groups in total. The second-order valence-electron chi connectivity index (χ2n) is 4.03. The van der Waals surface area contributed by atoms with E-state index in [2.05, 4.69) is 4.74 Å². The Bertz CT molecular complexity index is 443. The monoisotopic (exact) mass is 272 g/mol. The van der Waals surface area contributed by atoms with E-state index in [0.717, 1.165) is 24.8 Å². The van der Waals surface area contributed by atoms with Crippen LogP contribution in [-0.4, -0.2) is 16.4 Å². The molecule has 100 valence electrons. The average molecular weight is 273 g/mol. The highest BCUT2D eigenvalue weighted by molar-refractivity contribution is 6.31. The average Bonchev–Trinajstić information content (AvgIpc) is 2.29. The van der Waals surface area contributed by atoms with Gasteiger partial charge in [-0.15, -0.1) is 0 Å². The van der Waals surface area contributed by atoms with E-state index in [-0.39, 0.29) is 11.5 Å². The van der Waals surface area contributed by atoms with Crippen molar-refractivity contribution in [3.63, 3.8) is 0 Å². The molecule has 0 saturated carbocycles. The maximum absolute atomic E-state index is 10.5. The lowest BCUT2D eigenvalue weighted by Gasteiger charge is -2.15. The van der Waals surface area contributed by atoms with Crippen LogP contribution >= 0.6 is 11.6 Å². The molecular formula is C13H17ClO4. The number of rotatable bonds is 5. The Labute approximate surface area is 111 Å². The molecule has 0 aliphatic rings. The minimum Gasteiger partial charge on any atom is -0.504 e. The summed E-state index contributed by atoms with van der Waals surface area (Å²) in [6.45, 7) is 4.00. The Hall–Kier alpha value is -1.42. The first-order chi connectivity index (χ1) is 8.51. The number of phenols is 1. The zero-order chi connectivity index (χ0) is 13.7. The van der Waals surface area contributed by atoms with Crippen LogP contribution < -0.4 is 4.74 Å². The van der Waals surface area contributed by atoms with Gasteiger partial charge in [0, 0.05) is 16.7 Å². The van der Waals surface area contributed by atoms with E-state index in [1.165, 1.54) is 6.07 Å². The second-order valence-corrected chi connectivity index (χ2v) is 4.44. The summed E-state index contributed by atoms with van der Waals surface area (Å²) in [6.07, 6.45) is 1.64. The summed E-state index contributed by atoms with van der Waals surface area (Å²) in [6, 6.07) is 1.36. The van der Waals surface area contributed by atoms with Crippen LogP contribution in [0, 0.1) is 0 Å². The molecule has 0 aliphatic heterocycles. The second kappa shape index (κ2) is 6.50. The lowest BCUT2D eigenvalue weighted by Crippen LogP contribution is -2.05. The van der Waals surface area contributed by atoms with Crippen molar-refractivity contribution in [1.29, 1.82) is 0 Å². The van der Waals surface area contributed by atoms with Gasteiger partial charge in [-0.25, -0.2) is 4.79 Å². The van der Waals surface area contributed by atoms with Gasteiger partial charge in [-0.05, 0) is 18.4 Å². The van der Waals surface area contributed by atoms with Crippen LogP contribution in [0.5, 0.6) is 11.5 Å². The van der Waals surface area contributed by atoms with Gasteiger partial charge >= 0.3 is 6.16 Å². The van der Waals surface area contributed by atoms with Crippen molar-refractivity contribution in [1.82, 2.24) is 0 Å². The number of halogens is 1. The summed E-state index contributed by atoms with van der Waals surface area (Å²) < 4.78 is 4.53. The molecule has 0 fully saturated rings. The van der Waals surface area contributed by atoms with E-state index in [0.29, 0.717) is 17.0 Å². The number of phenolic OH excluding ortho intramolecular Hbond substituents is 1. The third kappa shape index (κ3) is 3.29. The lowest BCUT2D eigenvalue weighted by atomic mass is 9.98. The van der Waals surface area contributed by atoms with Crippen LogP contribution in [-0.2, 0) is 12.8 Å². The molecule has 1 aromatic carbocycles. The van der Waals surface area contributed by atoms with Gasteiger partial charge in [-0.3, -0.25) is 0 Å². The predicted octanol–water partition coefficient (Wildman–Crippen LogP) is 4.01. The highest BCUT2D eigenvalue weighted by Crippen LogP contribution is 2.38. The van der Waals surface area contributed by atoms with E-state index in [9.17, 15) is 9.90 Å². The van der Waals surface area contributed by atoms with Crippen molar-refractivity contribution in [3.05, 3.63) is 22.2 Å². The van der Waals surface area contributed by atoms with Gasteiger partial charge in [0.05, 0.1) is 0 Å². The molecule has 0 heterocycles. The number of carboxylic acid groups (broad SMARTS) is 1. The third-order valence-electron chi connectivity index (χ3n) is 2.63. The van der Waals surface area contributed by atoms with Crippen LogP contribution in [0.2, 0.25) is 5.02 Å². The van der Waals surface area contributed by atoms with Crippen LogP contribution in [0.15, 0.2) is 6.07 Å². The summed E-state index contributed by atoms with van der Waals surface area (Å²) in [5.41, 5.74) is 1.55. The normalized spacial score (nSPS) is 10.4. The minimum absolute atomic E-state index is 0.101. The molecule has 0 aliphatic carbocycles. The highest BCUT2D eigenvalue weighted by atomic mass is 35.5. The molecule has 1 rings (SSSR count). The molecule has 0 radical (unpaired) electrons. The molecule has 1 aromatic rings. The number of hydrogen-bond acceptors (Lipinski definition) is 3. The van der Waals surface area contributed by atoms with Crippen molar-refractivity contribution in [2.45, 2.75) is 39.5 Å². The minimum atomic E-state index is -1.47. The van der Waals surface area contributed by atoms with Gasteiger partial charge in [0.15, 0.2) is 11.5 Å². The fourth-order valence-corrected chi connectivity index (χ4v) is 2.23. The van der Waals surface area contributed by atoms with Crippen molar-refractivity contribution in [2.75, 3.05) is 0 Å². The molecule has 0 aromatic heterocycles. The first kappa shape index (κ1) is 14.6. The quantitative estimate of drug-likeness (QED) is 0.628. The van der Waals surface area contributed by atoms with Crippen molar-refractivity contribution in [3.8, 4) is 11.5 Å². The van der Waals surface area contributed by atoms with Crippen LogP contribution in [0.3, 0.4) is 0 Å². The zero-order valence-corrected chi connectivity index (χ0v) is 11.3. The number of carbonyl (C=O) groups is 1. The van der Waals surface area contributed by atoms with Crippen LogP contribution in [0.25, 0.3) is 0 Å². The number of aromatic hydroxyl groups is 1. The number of ether oxygens (including phenoxy) is 1. The molecule has 4 nitrogen and oxygen atoms in total. The number of hydrogen-bond donors (Lipinski definition) is 2. The summed E-state index contributed by atoms with van der Waals surface area (Å²) in [5.74, 6) is -0.220. The summed E-state index contributed by atoms with van der Waals surface area (Å²) in [7, 11) is 0. The SMILES string of the molecule is CCCc1c(Cl)cc(OC(=O)O)c(O)c1CCC. The van der Waals surface area contributed by atoms with E-state index < -0.39 is 6.16 Å². The molecule has 18 heavy (non-hydrogen) atoms. The molecule has 0 unspecified atom stereocenters. The Morgan fingerprint density at radius 2 is 1.83 bits per heavy atom. The summed E-state index contributed by atoms with van der Waals surface area (Å²) in [4.78, 5) is 10.5. The van der Waals surface area contributed by atoms with Crippen molar-refractivity contribution < 1.29 is 19.7 Å². The first-order valence-electron chi connectivity index (χ1n) is 5.95. The Morgan fingerprint density at radius 3 is 2.33 bits per heavy atom. The molecule has 0 bridgehead atoms. The van der Waals surface area contributed by atoms with Gasteiger partial charge in [-0.1, -0.05) is 38.3 Å². The molecule has 0 amide bonds. The van der Waals surface area contributed by atoms with Gasteiger partial charge < -0.3 is 14.9 Å². The van der Waals surface area contributed by atoms with Gasteiger partial charge in [0.25, 0.3) is 0 Å². The molecule has 5 heteroatoms. The maximum atomic E-state index is 10.5. The fraction of sp³-hybridized carbons (Fsp3) is 0.462. The van der Waals surface area contributed by atoms with Gasteiger partial charge in [-0.2, -0.15) is 0 Å². The highest BCUT2D eigenvalue weighted by Gasteiger charge is 2.18. The zero-order valence-electron chi connectivity index (χ0n) is 10.5. The maximum Gasteiger partial charge on any atom is 0.511 e. The number of benzene rings is 1. The Balaban J connectivity index is 3.30. The van der Waals surface area contributed by atoms with Gasteiger partial charge in [0.1, 0.15) is 0 Å². The van der Waals surface area contributed by atoms with E-state index in [1.807, 2.05) is 13.8 Å². The largest absolute Gasteiger partial charge is 0.511 e. The van der Waals surface area contributed by atoms with Crippen LogP contribution in [0.4, 0.5) is 4.79 Å². The third-order valence-corrected chi connectivity index (χ3v) is 2.96. The van der Waals surface area contributed by atoms with E-state index in [1.54, 1.807) is 0 Å². The topological polar surface area (TPSA) is 66.8 Å². The molecule has 0 atom stereocenters. The van der Waals surface area contributed by atoms with Crippen LogP contribution in [0.1, 0.15) is 37.8 Å². The van der Waals surface area contributed by atoms with E-state index in [4.69, 9.17) is 16.7 Å². The molecule has 0 saturated heterocycles. The Morgan fingerprint density at radius 1 is 1.28 bits per heavy atom. The summed E-state index contributed by atoms with van der Waals surface area (Å²) >= 11 is 6.12. The first-order valence-corrected chi connectivity index (χ1v) is 6.33. The fourth-order valence-electron chi connectivity index (χ4n) is 1.92. The van der Waals surface area contributed by atoms with Gasteiger partial charge in [0.2, 0.25) is 0 Å². The standard InChI is InChI=1S/C13H17ClO4/c1-3-5-8-9(6-4-2)12(15)11(7-10(8)14)18-13(16)17/h7,15H,3-6H2,1-2H3,(H,16,17). The summed E-state index contributed by atoms with van der Waals surface area (Å²) in [5, 5.41) is 19.1. The van der Waals surface area contributed by atoms with E-state index >= 15 is 0 Å². The molecular weight excluding hydrogens is 256 g/mol. The lowest BCUT2D eigenvalue weighted by molar-refractivity contribution is 0.143. The molecule has 0 spiro atoms. The smallest absolute Gasteiger partial charge is 0.504 e. The Kier molecular flexibility index (Phi) is 5.28. The van der Waals surface area contributed by atoms with Crippen molar-refractivity contribution >= 4 is 17.8 Å².